The normalized spacial score (nSPS) is 48.3. The van der Waals surface area contributed by atoms with Crippen LogP contribution in [0.4, 0.5) is 0 Å². The fourth-order valence-corrected chi connectivity index (χ4v) is 5.59. The van der Waals surface area contributed by atoms with Crippen LogP contribution in [0.5, 0.6) is 0 Å². The van der Waals surface area contributed by atoms with Crippen molar-refractivity contribution in [1.29, 1.82) is 0 Å². The van der Waals surface area contributed by atoms with Crippen LogP contribution in [-0.4, -0.2) is 27.5 Å². The second-order valence-corrected chi connectivity index (χ2v) is 7.06. The van der Waals surface area contributed by atoms with Gasteiger partial charge in [-0.1, -0.05) is 12.8 Å². The van der Waals surface area contributed by atoms with E-state index in [4.69, 9.17) is 0 Å². The first-order valence-corrected chi connectivity index (χ1v) is 7.57. The Balaban J connectivity index is 1.78. The molecule has 1 N–H and O–H groups in total. The van der Waals surface area contributed by atoms with Crippen LogP contribution < -0.4 is 0 Å². The van der Waals surface area contributed by atoms with E-state index in [1.165, 1.54) is 19.3 Å². The van der Waals surface area contributed by atoms with E-state index >= 15 is 0 Å². The number of ketones is 1. The monoisotopic (exact) mass is 240 g/mol. The Morgan fingerprint density at radius 2 is 1.75 bits per heavy atom. The zero-order valence-corrected chi connectivity index (χ0v) is 10.4. The molecule has 0 bridgehead atoms. The molecule has 2 saturated carbocycles. The maximum atomic E-state index is 12.4. The van der Waals surface area contributed by atoms with Gasteiger partial charge in [0.15, 0.2) is 0 Å². The minimum absolute atomic E-state index is 0.174. The summed E-state index contributed by atoms with van der Waals surface area (Å²) in [5.74, 6) is 0.991. The first kappa shape index (κ1) is 11.1. The average Bonchev–Trinajstić information content (AvgIpc) is 2.31. The maximum absolute atomic E-state index is 12.4. The molecule has 2 aliphatic carbocycles. The third kappa shape index (κ3) is 1.82. The number of rotatable bonds is 0. The Morgan fingerprint density at radius 3 is 2.62 bits per heavy atom. The van der Waals surface area contributed by atoms with Gasteiger partial charge >= 0.3 is 0 Å². The summed E-state index contributed by atoms with van der Waals surface area (Å²) < 4.78 is 0. The van der Waals surface area contributed by atoms with Crippen molar-refractivity contribution in [3.8, 4) is 0 Å². The van der Waals surface area contributed by atoms with Gasteiger partial charge in [0.05, 0.1) is 6.10 Å². The Kier molecular flexibility index (Phi) is 3.01. The molecule has 0 amide bonds. The van der Waals surface area contributed by atoms with Crippen molar-refractivity contribution in [2.45, 2.75) is 61.5 Å². The van der Waals surface area contributed by atoms with Crippen LogP contribution in [0.3, 0.4) is 0 Å². The summed E-state index contributed by atoms with van der Waals surface area (Å²) in [5, 5.41) is 10.8. The van der Waals surface area contributed by atoms with Crippen molar-refractivity contribution in [2.75, 3.05) is 0 Å². The lowest BCUT2D eigenvalue weighted by Crippen LogP contribution is -2.47. The summed E-state index contributed by atoms with van der Waals surface area (Å²) >= 11 is 2.07. The molecular formula is C13H20O2S. The summed E-state index contributed by atoms with van der Waals surface area (Å²) in [4.78, 5) is 12.4. The summed E-state index contributed by atoms with van der Waals surface area (Å²) in [5.41, 5.74) is 0. The Morgan fingerprint density at radius 1 is 1.00 bits per heavy atom. The zero-order valence-electron chi connectivity index (χ0n) is 9.60. The average molecular weight is 240 g/mol. The summed E-state index contributed by atoms with van der Waals surface area (Å²) in [6.07, 6.45) is 7.35. The van der Waals surface area contributed by atoms with Crippen molar-refractivity contribution < 1.29 is 9.90 Å². The van der Waals surface area contributed by atoms with Gasteiger partial charge in [-0.15, -0.1) is 0 Å². The van der Waals surface area contributed by atoms with Crippen LogP contribution in [0.1, 0.15) is 44.9 Å². The molecule has 3 fully saturated rings. The van der Waals surface area contributed by atoms with Gasteiger partial charge in [0.25, 0.3) is 0 Å². The van der Waals surface area contributed by atoms with E-state index in [0.717, 1.165) is 25.7 Å². The molecule has 0 radical (unpaired) electrons. The number of aliphatic hydroxyl groups is 1. The molecule has 1 heterocycles. The third-order valence-electron chi connectivity index (χ3n) is 4.54. The topological polar surface area (TPSA) is 37.3 Å². The lowest BCUT2D eigenvalue weighted by molar-refractivity contribution is -0.130. The van der Waals surface area contributed by atoms with Crippen molar-refractivity contribution >= 4 is 17.5 Å². The molecule has 5 unspecified atom stereocenters. The summed E-state index contributed by atoms with van der Waals surface area (Å²) in [6, 6.07) is 0. The van der Waals surface area contributed by atoms with E-state index in [1.807, 2.05) is 0 Å². The van der Waals surface area contributed by atoms with Crippen molar-refractivity contribution in [2.24, 2.45) is 11.8 Å². The molecule has 1 aliphatic heterocycles. The fraction of sp³-hybridized carbons (Fsp3) is 0.923. The lowest BCUT2D eigenvalue weighted by Gasteiger charge is -2.45. The molecule has 0 aromatic carbocycles. The van der Waals surface area contributed by atoms with E-state index in [2.05, 4.69) is 11.8 Å². The molecule has 16 heavy (non-hydrogen) atoms. The Hall–Kier alpha value is -0.0200. The van der Waals surface area contributed by atoms with Crippen LogP contribution in [0, 0.1) is 11.8 Å². The van der Waals surface area contributed by atoms with Crippen LogP contribution in [0.2, 0.25) is 0 Å². The highest BCUT2D eigenvalue weighted by Crippen LogP contribution is 2.48. The number of hydrogen-bond acceptors (Lipinski definition) is 3. The van der Waals surface area contributed by atoms with E-state index in [9.17, 15) is 9.90 Å². The summed E-state index contributed by atoms with van der Waals surface area (Å²) in [7, 11) is 0. The SMILES string of the molecule is O=C1C2CCCCC2SC2CCC(O)CC12. The molecule has 3 heteroatoms. The van der Waals surface area contributed by atoms with Crippen LogP contribution in [-0.2, 0) is 4.79 Å². The maximum Gasteiger partial charge on any atom is 0.141 e. The first-order chi connectivity index (χ1) is 7.75. The molecule has 1 saturated heterocycles. The number of carbonyl (C=O) groups excluding carboxylic acids is 1. The number of aliphatic hydroxyl groups excluding tert-OH is 1. The molecule has 0 spiro atoms. The van der Waals surface area contributed by atoms with E-state index in [-0.39, 0.29) is 12.0 Å². The van der Waals surface area contributed by atoms with Crippen molar-refractivity contribution in [3.05, 3.63) is 0 Å². The summed E-state index contributed by atoms with van der Waals surface area (Å²) in [6.45, 7) is 0. The Labute approximate surface area is 101 Å². The van der Waals surface area contributed by atoms with Gasteiger partial charge in [0.2, 0.25) is 0 Å². The van der Waals surface area contributed by atoms with E-state index in [0.29, 0.717) is 22.2 Å². The standard InChI is InChI=1S/C13H20O2S/c14-8-5-6-12-10(7-8)13(15)9-3-1-2-4-11(9)16-12/h8-12,14H,1-7H2. The number of thioether (sulfide) groups is 1. The highest BCUT2D eigenvalue weighted by Gasteiger charge is 2.46. The molecule has 3 aliphatic rings. The second-order valence-electron chi connectivity index (χ2n) is 5.58. The molecule has 5 atom stereocenters. The molecular weight excluding hydrogens is 220 g/mol. The van der Waals surface area contributed by atoms with Gasteiger partial charge in [-0.25, -0.2) is 0 Å². The predicted octanol–water partition coefficient (Wildman–Crippen LogP) is 2.39. The third-order valence-corrected chi connectivity index (χ3v) is 6.37. The number of Topliss-reactive ketones (excluding diaryl/α,β-unsaturated/α-hetero) is 1. The van der Waals surface area contributed by atoms with Gasteiger partial charge in [-0.2, -0.15) is 11.8 Å². The number of hydrogen-bond donors (Lipinski definition) is 1. The highest BCUT2D eigenvalue weighted by atomic mass is 32.2. The highest BCUT2D eigenvalue weighted by molar-refractivity contribution is 8.00. The number of carbonyl (C=O) groups is 1. The molecule has 3 rings (SSSR count). The van der Waals surface area contributed by atoms with Gasteiger partial charge < -0.3 is 5.11 Å². The van der Waals surface area contributed by atoms with Gasteiger partial charge in [-0.3, -0.25) is 4.79 Å². The quantitative estimate of drug-likeness (QED) is 0.706. The van der Waals surface area contributed by atoms with Crippen LogP contribution in [0.15, 0.2) is 0 Å². The van der Waals surface area contributed by atoms with Crippen LogP contribution in [0.25, 0.3) is 0 Å². The van der Waals surface area contributed by atoms with Gasteiger partial charge in [0.1, 0.15) is 5.78 Å². The fourth-order valence-electron chi connectivity index (χ4n) is 3.67. The predicted molar refractivity (Wildman–Crippen MR) is 65.5 cm³/mol. The largest absolute Gasteiger partial charge is 0.393 e. The molecule has 0 aromatic rings. The van der Waals surface area contributed by atoms with E-state index < -0.39 is 0 Å². The molecule has 2 nitrogen and oxygen atoms in total. The minimum Gasteiger partial charge on any atom is -0.393 e. The van der Waals surface area contributed by atoms with Crippen LogP contribution >= 0.6 is 11.8 Å². The second kappa shape index (κ2) is 4.34. The van der Waals surface area contributed by atoms with E-state index in [1.54, 1.807) is 0 Å². The zero-order chi connectivity index (χ0) is 11.1. The van der Waals surface area contributed by atoms with Crippen molar-refractivity contribution in [3.63, 3.8) is 0 Å². The Bertz CT molecular complexity index is 292. The minimum atomic E-state index is -0.217. The molecule has 90 valence electrons. The van der Waals surface area contributed by atoms with Gasteiger partial charge in [-0.05, 0) is 32.1 Å². The molecule has 0 aromatic heterocycles. The lowest BCUT2D eigenvalue weighted by atomic mass is 9.74. The smallest absolute Gasteiger partial charge is 0.141 e. The van der Waals surface area contributed by atoms with Gasteiger partial charge in [0, 0.05) is 22.3 Å². The first-order valence-electron chi connectivity index (χ1n) is 6.63. The van der Waals surface area contributed by atoms with Crippen molar-refractivity contribution in [1.82, 2.24) is 0 Å². The number of fused-ring (bicyclic) bond motifs is 2.